The Balaban J connectivity index is 1.32. The number of carbonyl (C=O) groups is 1. The number of hydrogen-bond acceptors (Lipinski definition) is 6. The van der Waals surface area contributed by atoms with E-state index in [0.29, 0.717) is 23.7 Å². The van der Waals surface area contributed by atoms with E-state index < -0.39 is 0 Å². The SMILES string of the molecule is Cc1oc(-c2ccccc2NC(=O)c2ccsc2)nc1CN(C)Cc1cccn1-c1cccnc1. The summed E-state index contributed by atoms with van der Waals surface area (Å²) in [6.45, 7) is 3.28. The van der Waals surface area contributed by atoms with Crippen LogP contribution in [0, 0.1) is 6.92 Å². The summed E-state index contributed by atoms with van der Waals surface area (Å²) in [4.78, 5) is 23.8. The largest absolute Gasteiger partial charge is 0.441 e. The van der Waals surface area contributed by atoms with Gasteiger partial charge in [-0.3, -0.25) is 14.7 Å². The Labute approximate surface area is 207 Å². The molecule has 1 amide bonds. The van der Waals surface area contributed by atoms with Gasteiger partial charge in [-0.25, -0.2) is 4.98 Å². The number of rotatable bonds is 8. The molecule has 0 unspecified atom stereocenters. The van der Waals surface area contributed by atoms with E-state index in [9.17, 15) is 4.79 Å². The summed E-state index contributed by atoms with van der Waals surface area (Å²) in [5.74, 6) is 1.10. The van der Waals surface area contributed by atoms with E-state index in [1.165, 1.54) is 11.3 Å². The molecule has 0 spiro atoms. The molecular formula is C27H25N5O2S. The quantitative estimate of drug-likeness (QED) is 0.303. The van der Waals surface area contributed by atoms with Crippen molar-refractivity contribution in [2.45, 2.75) is 20.0 Å². The first kappa shape index (κ1) is 22.8. The number of para-hydroxylation sites is 1. The third kappa shape index (κ3) is 5.08. The van der Waals surface area contributed by atoms with Crippen molar-refractivity contribution in [3.63, 3.8) is 0 Å². The Morgan fingerprint density at radius 2 is 2.00 bits per heavy atom. The van der Waals surface area contributed by atoms with Gasteiger partial charge in [0.25, 0.3) is 5.91 Å². The molecular weight excluding hydrogens is 458 g/mol. The van der Waals surface area contributed by atoms with Crippen molar-refractivity contribution in [2.24, 2.45) is 0 Å². The van der Waals surface area contributed by atoms with Gasteiger partial charge in [-0.1, -0.05) is 12.1 Å². The van der Waals surface area contributed by atoms with Crippen LogP contribution in [0.3, 0.4) is 0 Å². The highest BCUT2D eigenvalue weighted by molar-refractivity contribution is 7.08. The van der Waals surface area contributed by atoms with E-state index in [4.69, 9.17) is 9.40 Å². The molecule has 4 aromatic heterocycles. The van der Waals surface area contributed by atoms with Gasteiger partial charge in [0.05, 0.1) is 34.4 Å². The molecule has 1 aromatic carbocycles. The third-order valence-corrected chi connectivity index (χ3v) is 6.37. The number of nitrogens with zero attached hydrogens (tertiary/aromatic N) is 4. The van der Waals surface area contributed by atoms with Crippen LogP contribution in [0.25, 0.3) is 17.1 Å². The van der Waals surface area contributed by atoms with Gasteiger partial charge in [0, 0.05) is 36.6 Å². The number of oxazole rings is 1. The highest BCUT2D eigenvalue weighted by Crippen LogP contribution is 2.30. The van der Waals surface area contributed by atoms with Gasteiger partial charge in [-0.2, -0.15) is 11.3 Å². The van der Waals surface area contributed by atoms with E-state index in [-0.39, 0.29) is 5.91 Å². The predicted molar refractivity (Wildman–Crippen MR) is 138 cm³/mol. The Kier molecular flexibility index (Phi) is 6.56. The van der Waals surface area contributed by atoms with Crippen molar-refractivity contribution in [3.05, 3.63) is 107 Å². The summed E-state index contributed by atoms with van der Waals surface area (Å²) in [6, 6.07) is 17.5. The molecule has 0 aliphatic rings. The van der Waals surface area contributed by atoms with E-state index in [1.807, 2.05) is 72.5 Å². The lowest BCUT2D eigenvalue weighted by atomic mass is 10.1. The molecule has 0 saturated carbocycles. The first-order valence-electron chi connectivity index (χ1n) is 11.2. The van der Waals surface area contributed by atoms with Crippen molar-refractivity contribution in [1.29, 1.82) is 0 Å². The second kappa shape index (κ2) is 10.1. The lowest BCUT2D eigenvalue weighted by Gasteiger charge is -2.17. The molecule has 176 valence electrons. The number of nitrogens with one attached hydrogen (secondary N) is 1. The number of aryl methyl sites for hydroxylation is 1. The Bertz CT molecular complexity index is 1420. The number of thiophene rings is 1. The summed E-state index contributed by atoms with van der Waals surface area (Å²) in [7, 11) is 2.06. The maximum atomic E-state index is 12.6. The van der Waals surface area contributed by atoms with Crippen LogP contribution in [-0.4, -0.2) is 32.4 Å². The maximum Gasteiger partial charge on any atom is 0.256 e. The van der Waals surface area contributed by atoms with Crippen LogP contribution in [0.15, 0.2) is 88.4 Å². The van der Waals surface area contributed by atoms with Gasteiger partial charge in [0.2, 0.25) is 5.89 Å². The van der Waals surface area contributed by atoms with Crippen LogP contribution in [0.4, 0.5) is 5.69 Å². The topological polar surface area (TPSA) is 76.2 Å². The fraction of sp³-hybridized carbons (Fsp3) is 0.148. The summed E-state index contributed by atoms with van der Waals surface area (Å²) < 4.78 is 8.18. The summed E-state index contributed by atoms with van der Waals surface area (Å²) >= 11 is 1.49. The average molecular weight is 484 g/mol. The van der Waals surface area contributed by atoms with Gasteiger partial charge in [0.1, 0.15) is 5.76 Å². The second-order valence-corrected chi connectivity index (χ2v) is 9.07. The van der Waals surface area contributed by atoms with Gasteiger partial charge in [-0.05, 0) is 61.8 Å². The Hall–Kier alpha value is -4.01. The van der Waals surface area contributed by atoms with E-state index in [1.54, 1.807) is 12.3 Å². The zero-order chi connectivity index (χ0) is 24.2. The molecule has 7 nitrogen and oxygen atoms in total. The monoisotopic (exact) mass is 483 g/mol. The molecule has 0 atom stereocenters. The van der Waals surface area contributed by atoms with Gasteiger partial charge in [-0.15, -0.1) is 0 Å². The molecule has 0 aliphatic carbocycles. The van der Waals surface area contributed by atoms with Gasteiger partial charge in [0.15, 0.2) is 0 Å². The maximum absolute atomic E-state index is 12.6. The van der Waals surface area contributed by atoms with E-state index in [2.05, 4.69) is 32.9 Å². The third-order valence-electron chi connectivity index (χ3n) is 5.69. The highest BCUT2D eigenvalue weighted by atomic mass is 32.1. The van der Waals surface area contributed by atoms with Crippen LogP contribution < -0.4 is 5.32 Å². The summed E-state index contributed by atoms with van der Waals surface area (Å²) in [5.41, 5.74) is 5.09. The van der Waals surface area contributed by atoms with Crippen molar-refractivity contribution >= 4 is 22.9 Å². The lowest BCUT2D eigenvalue weighted by Crippen LogP contribution is -2.19. The standard InChI is InChI=1S/C27H25N5O2S/c1-19-25(17-31(2)16-22-8-6-13-32(22)21-7-5-12-28-15-21)30-27(34-19)23-9-3-4-10-24(23)29-26(33)20-11-14-35-18-20/h3-15,18H,16-17H2,1-2H3,(H,29,33). The summed E-state index contributed by atoms with van der Waals surface area (Å²) in [6.07, 6.45) is 5.67. The van der Waals surface area contributed by atoms with Crippen LogP contribution in [-0.2, 0) is 13.1 Å². The Morgan fingerprint density at radius 1 is 1.11 bits per heavy atom. The van der Waals surface area contributed by atoms with Crippen LogP contribution in [0.5, 0.6) is 0 Å². The summed E-state index contributed by atoms with van der Waals surface area (Å²) in [5, 5.41) is 6.69. The normalized spacial score (nSPS) is 11.2. The first-order chi connectivity index (χ1) is 17.1. The molecule has 0 fully saturated rings. The molecule has 0 saturated heterocycles. The fourth-order valence-corrected chi connectivity index (χ4v) is 4.57. The van der Waals surface area contributed by atoms with E-state index >= 15 is 0 Å². The number of aromatic nitrogens is 3. The molecule has 0 aliphatic heterocycles. The molecule has 4 heterocycles. The van der Waals surface area contributed by atoms with Crippen LogP contribution in [0.2, 0.25) is 0 Å². The smallest absolute Gasteiger partial charge is 0.256 e. The van der Waals surface area contributed by atoms with Crippen molar-refractivity contribution in [3.8, 4) is 17.1 Å². The number of benzene rings is 1. The fourth-order valence-electron chi connectivity index (χ4n) is 3.94. The zero-order valence-electron chi connectivity index (χ0n) is 19.5. The first-order valence-corrected chi connectivity index (χ1v) is 12.2. The minimum atomic E-state index is -0.154. The molecule has 5 rings (SSSR count). The molecule has 8 heteroatoms. The molecule has 35 heavy (non-hydrogen) atoms. The Morgan fingerprint density at radius 3 is 2.80 bits per heavy atom. The molecule has 1 N–H and O–H groups in total. The number of amides is 1. The van der Waals surface area contributed by atoms with Gasteiger partial charge < -0.3 is 14.3 Å². The zero-order valence-corrected chi connectivity index (χ0v) is 20.3. The molecule has 0 radical (unpaired) electrons. The average Bonchev–Trinajstić information content (AvgIpc) is 3.62. The molecule has 0 bridgehead atoms. The van der Waals surface area contributed by atoms with Crippen molar-refractivity contribution in [1.82, 2.24) is 19.4 Å². The second-order valence-electron chi connectivity index (χ2n) is 8.29. The highest BCUT2D eigenvalue weighted by Gasteiger charge is 2.18. The minimum absolute atomic E-state index is 0.154. The lowest BCUT2D eigenvalue weighted by molar-refractivity contribution is 0.102. The number of pyridine rings is 1. The molecule has 5 aromatic rings. The van der Waals surface area contributed by atoms with Crippen LogP contribution >= 0.6 is 11.3 Å². The number of anilines is 1. The van der Waals surface area contributed by atoms with Crippen LogP contribution in [0.1, 0.15) is 27.5 Å². The minimum Gasteiger partial charge on any atom is -0.441 e. The van der Waals surface area contributed by atoms with Crippen molar-refractivity contribution in [2.75, 3.05) is 12.4 Å². The predicted octanol–water partition coefficient (Wildman–Crippen LogP) is 5.78. The number of carbonyl (C=O) groups excluding carboxylic acids is 1. The number of hydrogen-bond donors (Lipinski definition) is 1. The van der Waals surface area contributed by atoms with Crippen molar-refractivity contribution < 1.29 is 9.21 Å². The van der Waals surface area contributed by atoms with E-state index in [0.717, 1.165) is 34.9 Å². The van der Waals surface area contributed by atoms with Gasteiger partial charge >= 0.3 is 0 Å².